The average Bonchev–Trinajstić information content (AvgIpc) is 3.21. The molecular formula is C24H26ClNO4. The molecule has 5 nitrogen and oxygen atoms in total. The van der Waals surface area contributed by atoms with E-state index < -0.39 is 0 Å². The van der Waals surface area contributed by atoms with Crippen LogP contribution in [0.5, 0.6) is 23.0 Å². The van der Waals surface area contributed by atoms with E-state index in [-0.39, 0.29) is 12.4 Å². The fraction of sp³-hybridized carbons (Fsp3) is 0.250. The van der Waals surface area contributed by atoms with Crippen LogP contribution in [0.2, 0.25) is 0 Å². The maximum absolute atomic E-state index is 6.00. The fourth-order valence-electron chi connectivity index (χ4n) is 3.27. The Morgan fingerprint density at radius 1 is 0.867 bits per heavy atom. The van der Waals surface area contributed by atoms with E-state index in [1.54, 1.807) is 7.11 Å². The lowest BCUT2D eigenvalue weighted by molar-refractivity contribution is 0.174. The number of nitrogens with one attached hydrogen (secondary N) is 1. The van der Waals surface area contributed by atoms with Crippen molar-refractivity contribution in [3.8, 4) is 23.0 Å². The molecule has 0 saturated heterocycles. The molecule has 0 aliphatic carbocycles. The van der Waals surface area contributed by atoms with Gasteiger partial charge in [-0.1, -0.05) is 36.4 Å². The van der Waals surface area contributed by atoms with Gasteiger partial charge in [-0.2, -0.15) is 0 Å². The lowest BCUT2D eigenvalue weighted by Gasteiger charge is -2.14. The van der Waals surface area contributed by atoms with Gasteiger partial charge in [0.2, 0.25) is 6.79 Å². The molecule has 0 unspecified atom stereocenters. The number of rotatable bonds is 8. The molecule has 1 heterocycles. The van der Waals surface area contributed by atoms with Gasteiger partial charge in [0.05, 0.1) is 7.11 Å². The topological polar surface area (TPSA) is 49.0 Å². The van der Waals surface area contributed by atoms with E-state index in [9.17, 15) is 0 Å². The largest absolute Gasteiger partial charge is 0.493 e. The predicted octanol–water partition coefficient (Wildman–Crippen LogP) is 5.02. The molecule has 0 spiro atoms. The van der Waals surface area contributed by atoms with E-state index >= 15 is 0 Å². The maximum Gasteiger partial charge on any atom is 0.231 e. The molecule has 3 aromatic rings. The molecule has 6 heteroatoms. The van der Waals surface area contributed by atoms with Crippen molar-refractivity contribution in [2.75, 3.05) is 13.9 Å². The molecule has 0 aromatic heterocycles. The third kappa shape index (κ3) is 5.17. The monoisotopic (exact) mass is 427 g/mol. The minimum Gasteiger partial charge on any atom is -0.493 e. The molecule has 0 bridgehead atoms. The van der Waals surface area contributed by atoms with Crippen LogP contribution in [-0.4, -0.2) is 13.9 Å². The zero-order chi connectivity index (χ0) is 20.1. The number of methoxy groups -OCH3 is 1. The van der Waals surface area contributed by atoms with Crippen LogP contribution < -0.4 is 24.3 Å². The van der Waals surface area contributed by atoms with E-state index in [4.69, 9.17) is 18.9 Å². The van der Waals surface area contributed by atoms with E-state index in [1.165, 1.54) is 11.1 Å². The van der Waals surface area contributed by atoms with Gasteiger partial charge in [-0.15, -0.1) is 12.4 Å². The van der Waals surface area contributed by atoms with E-state index in [0.717, 1.165) is 47.2 Å². The molecule has 0 fully saturated rings. The molecule has 0 radical (unpaired) electrons. The molecule has 0 saturated carbocycles. The SMILES string of the molecule is COc1cc(CNCc2ccc3c(c2)OCO3)ccc1OCc1ccccc1C.Cl. The maximum atomic E-state index is 6.00. The van der Waals surface area contributed by atoms with E-state index in [0.29, 0.717) is 13.4 Å². The van der Waals surface area contributed by atoms with Crippen molar-refractivity contribution in [2.45, 2.75) is 26.6 Å². The van der Waals surface area contributed by atoms with Crippen molar-refractivity contribution in [2.24, 2.45) is 0 Å². The Labute approximate surface area is 183 Å². The molecule has 1 aliphatic heterocycles. The standard InChI is InChI=1S/C24H25NO4.ClH/c1-17-5-3-4-6-20(17)15-27-21-9-7-18(11-23(21)26-2)13-25-14-19-8-10-22-24(12-19)29-16-28-22;/h3-12,25H,13-16H2,1-2H3;1H. The van der Waals surface area contributed by atoms with Gasteiger partial charge in [-0.05, 0) is 53.4 Å². The molecule has 4 rings (SSSR count). The summed E-state index contributed by atoms with van der Waals surface area (Å²) in [4.78, 5) is 0. The lowest BCUT2D eigenvalue weighted by atomic mass is 10.1. The number of hydrogen-bond donors (Lipinski definition) is 1. The Morgan fingerprint density at radius 2 is 1.60 bits per heavy atom. The third-order valence-electron chi connectivity index (χ3n) is 4.97. The van der Waals surface area contributed by atoms with E-state index in [1.807, 2.05) is 42.5 Å². The second kappa shape index (κ2) is 10.2. The second-order valence-electron chi connectivity index (χ2n) is 6.99. The predicted molar refractivity (Wildman–Crippen MR) is 119 cm³/mol. The van der Waals surface area contributed by atoms with Gasteiger partial charge >= 0.3 is 0 Å². The van der Waals surface area contributed by atoms with Crippen LogP contribution in [0.25, 0.3) is 0 Å². The summed E-state index contributed by atoms with van der Waals surface area (Å²) in [5, 5.41) is 3.45. The molecule has 3 aromatic carbocycles. The number of fused-ring (bicyclic) bond motifs is 1. The van der Waals surface area contributed by atoms with Crippen LogP contribution in [0, 0.1) is 6.92 Å². The number of ether oxygens (including phenoxy) is 4. The highest BCUT2D eigenvalue weighted by molar-refractivity contribution is 5.85. The minimum absolute atomic E-state index is 0. The van der Waals surface area contributed by atoms with Gasteiger partial charge in [0, 0.05) is 13.1 Å². The summed E-state index contributed by atoms with van der Waals surface area (Å²) in [6.45, 7) is 4.37. The Hall–Kier alpha value is -2.89. The first-order chi connectivity index (χ1) is 14.2. The second-order valence-corrected chi connectivity index (χ2v) is 6.99. The van der Waals surface area contributed by atoms with Gasteiger partial charge in [-0.25, -0.2) is 0 Å². The van der Waals surface area contributed by atoms with Gasteiger partial charge in [-0.3, -0.25) is 0 Å². The first-order valence-electron chi connectivity index (χ1n) is 9.66. The average molecular weight is 428 g/mol. The van der Waals surface area contributed by atoms with Crippen molar-refractivity contribution in [3.63, 3.8) is 0 Å². The molecule has 0 atom stereocenters. The summed E-state index contributed by atoms with van der Waals surface area (Å²) in [6, 6.07) is 20.3. The van der Waals surface area contributed by atoms with Gasteiger partial charge < -0.3 is 24.3 Å². The Balaban J connectivity index is 0.00000256. The number of aryl methyl sites for hydroxylation is 1. The minimum atomic E-state index is 0. The molecule has 30 heavy (non-hydrogen) atoms. The van der Waals surface area contributed by atoms with Crippen LogP contribution in [0.15, 0.2) is 60.7 Å². The van der Waals surface area contributed by atoms with Gasteiger partial charge in [0.15, 0.2) is 23.0 Å². The molecule has 1 N–H and O–H groups in total. The number of halogens is 1. The summed E-state index contributed by atoms with van der Waals surface area (Å²) < 4.78 is 22.3. The summed E-state index contributed by atoms with van der Waals surface area (Å²) in [7, 11) is 1.67. The van der Waals surface area contributed by atoms with E-state index in [2.05, 4.69) is 30.4 Å². The van der Waals surface area contributed by atoms with Crippen molar-refractivity contribution in [1.82, 2.24) is 5.32 Å². The lowest BCUT2D eigenvalue weighted by Crippen LogP contribution is -2.12. The van der Waals surface area contributed by atoms with Crippen LogP contribution in [0.1, 0.15) is 22.3 Å². The molecule has 1 aliphatic rings. The Kier molecular flexibility index (Phi) is 7.44. The highest BCUT2D eigenvalue weighted by Crippen LogP contribution is 2.32. The van der Waals surface area contributed by atoms with Crippen LogP contribution in [0.3, 0.4) is 0 Å². The smallest absolute Gasteiger partial charge is 0.231 e. The Morgan fingerprint density at radius 3 is 2.40 bits per heavy atom. The zero-order valence-electron chi connectivity index (χ0n) is 17.1. The van der Waals surface area contributed by atoms with Crippen LogP contribution in [-0.2, 0) is 19.7 Å². The Bertz CT molecular complexity index is 993. The first-order valence-corrected chi connectivity index (χ1v) is 9.66. The van der Waals surface area contributed by atoms with Gasteiger partial charge in [0.1, 0.15) is 6.61 Å². The highest BCUT2D eigenvalue weighted by atomic mass is 35.5. The van der Waals surface area contributed by atoms with Crippen molar-refractivity contribution < 1.29 is 18.9 Å². The third-order valence-corrected chi connectivity index (χ3v) is 4.97. The number of hydrogen-bond acceptors (Lipinski definition) is 5. The molecular weight excluding hydrogens is 402 g/mol. The molecule has 0 amide bonds. The van der Waals surface area contributed by atoms with Crippen molar-refractivity contribution in [1.29, 1.82) is 0 Å². The summed E-state index contributed by atoms with van der Waals surface area (Å²) in [5.41, 5.74) is 4.67. The van der Waals surface area contributed by atoms with Crippen LogP contribution in [0.4, 0.5) is 0 Å². The zero-order valence-corrected chi connectivity index (χ0v) is 18.0. The summed E-state index contributed by atoms with van der Waals surface area (Å²) in [6.07, 6.45) is 0. The quantitative estimate of drug-likeness (QED) is 0.546. The van der Waals surface area contributed by atoms with Crippen molar-refractivity contribution >= 4 is 12.4 Å². The first kappa shape index (κ1) is 21.8. The summed E-state index contributed by atoms with van der Waals surface area (Å²) >= 11 is 0. The van der Waals surface area contributed by atoms with Crippen LogP contribution >= 0.6 is 12.4 Å². The van der Waals surface area contributed by atoms with Gasteiger partial charge in [0.25, 0.3) is 0 Å². The normalized spacial score (nSPS) is 11.7. The number of benzene rings is 3. The fourth-order valence-corrected chi connectivity index (χ4v) is 3.27. The molecule has 158 valence electrons. The summed E-state index contributed by atoms with van der Waals surface area (Å²) in [5.74, 6) is 3.09. The highest BCUT2D eigenvalue weighted by Gasteiger charge is 2.13. The van der Waals surface area contributed by atoms with Crippen molar-refractivity contribution in [3.05, 3.63) is 82.9 Å².